The molecule has 0 unspecified atom stereocenters. The van der Waals surface area contributed by atoms with E-state index in [1.165, 1.54) is 6.33 Å². The number of pyridine rings is 3. The van der Waals surface area contributed by atoms with Crippen molar-refractivity contribution >= 4 is 17.4 Å². The highest BCUT2D eigenvalue weighted by Crippen LogP contribution is 2.26. The van der Waals surface area contributed by atoms with E-state index in [0.29, 0.717) is 34.3 Å². The van der Waals surface area contributed by atoms with Gasteiger partial charge in [-0.25, -0.2) is 4.98 Å². The number of ether oxygens (including phenoxy) is 2. The van der Waals surface area contributed by atoms with Crippen molar-refractivity contribution in [2.24, 2.45) is 0 Å². The maximum absolute atomic E-state index is 12.8. The van der Waals surface area contributed by atoms with Gasteiger partial charge in [-0.3, -0.25) is 14.2 Å². The fourth-order valence-electron chi connectivity index (χ4n) is 2.63. The summed E-state index contributed by atoms with van der Waals surface area (Å²) in [5.41, 5.74) is 1.50. The van der Waals surface area contributed by atoms with E-state index >= 15 is 0 Å². The zero-order valence-electron chi connectivity index (χ0n) is 15.2. The Kier molecular flexibility index (Phi) is 4.55. The standard InChI is InChI=1S/C19H16N6O3/c1-12-4-3-5-17(22-12)23-19(26)16-7-15(10-25-11-21-24-18(16)25)28-14-6-13(27-2)8-20-9-14/h3-11H,1-2H3,(H,22,23,26). The number of fused-ring (bicyclic) bond motifs is 1. The van der Waals surface area contributed by atoms with Crippen LogP contribution in [0.3, 0.4) is 0 Å². The van der Waals surface area contributed by atoms with Crippen molar-refractivity contribution in [1.82, 2.24) is 24.6 Å². The molecule has 0 aliphatic heterocycles. The van der Waals surface area contributed by atoms with E-state index in [1.807, 2.05) is 19.1 Å². The lowest BCUT2D eigenvalue weighted by molar-refractivity contribution is 0.102. The van der Waals surface area contributed by atoms with Crippen LogP contribution in [0, 0.1) is 6.92 Å². The van der Waals surface area contributed by atoms with Crippen LogP contribution in [0.1, 0.15) is 16.1 Å². The summed E-state index contributed by atoms with van der Waals surface area (Å²) >= 11 is 0. The van der Waals surface area contributed by atoms with Crippen molar-refractivity contribution in [1.29, 1.82) is 0 Å². The van der Waals surface area contributed by atoms with E-state index in [0.717, 1.165) is 5.69 Å². The number of amides is 1. The second kappa shape index (κ2) is 7.31. The highest BCUT2D eigenvalue weighted by atomic mass is 16.5. The van der Waals surface area contributed by atoms with Crippen molar-refractivity contribution in [3.63, 3.8) is 0 Å². The van der Waals surface area contributed by atoms with Crippen LogP contribution in [-0.2, 0) is 0 Å². The summed E-state index contributed by atoms with van der Waals surface area (Å²) in [5.74, 6) is 1.53. The smallest absolute Gasteiger partial charge is 0.260 e. The van der Waals surface area contributed by atoms with Crippen molar-refractivity contribution < 1.29 is 14.3 Å². The molecule has 4 rings (SSSR count). The number of aryl methyl sites for hydroxylation is 1. The molecule has 0 bridgehead atoms. The Labute approximate surface area is 160 Å². The van der Waals surface area contributed by atoms with Gasteiger partial charge < -0.3 is 14.8 Å². The third kappa shape index (κ3) is 3.58. The summed E-state index contributed by atoms with van der Waals surface area (Å²) in [7, 11) is 1.55. The van der Waals surface area contributed by atoms with Gasteiger partial charge in [0.2, 0.25) is 0 Å². The van der Waals surface area contributed by atoms with Gasteiger partial charge in [0, 0.05) is 11.8 Å². The molecule has 0 aromatic carbocycles. The molecule has 0 spiro atoms. The minimum absolute atomic E-state index is 0.300. The summed E-state index contributed by atoms with van der Waals surface area (Å²) in [6.45, 7) is 1.85. The lowest BCUT2D eigenvalue weighted by atomic mass is 10.2. The quantitative estimate of drug-likeness (QED) is 0.571. The van der Waals surface area contributed by atoms with Gasteiger partial charge in [0.15, 0.2) is 5.65 Å². The molecular formula is C19H16N6O3. The van der Waals surface area contributed by atoms with Gasteiger partial charge in [0.1, 0.15) is 29.4 Å². The van der Waals surface area contributed by atoms with Gasteiger partial charge in [-0.1, -0.05) is 6.07 Å². The molecule has 0 saturated carbocycles. The Morgan fingerprint density at radius 1 is 1.14 bits per heavy atom. The number of anilines is 1. The first-order chi connectivity index (χ1) is 13.6. The van der Waals surface area contributed by atoms with Gasteiger partial charge in [-0.2, -0.15) is 0 Å². The number of methoxy groups -OCH3 is 1. The molecule has 0 aliphatic carbocycles. The molecule has 4 aromatic rings. The Bertz CT molecular complexity index is 1160. The molecule has 0 saturated heterocycles. The van der Waals surface area contributed by atoms with E-state index in [1.54, 1.807) is 48.3 Å². The number of nitrogens with zero attached hydrogens (tertiary/aromatic N) is 5. The average molecular weight is 376 g/mol. The fourth-order valence-corrected chi connectivity index (χ4v) is 2.63. The maximum Gasteiger partial charge on any atom is 0.260 e. The third-order valence-corrected chi connectivity index (χ3v) is 3.90. The molecule has 1 N–H and O–H groups in total. The summed E-state index contributed by atoms with van der Waals surface area (Å²) < 4.78 is 12.6. The fraction of sp³-hybridized carbons (Fsp3) is 0.105. The van der Waals surface area contributed by atoms with E-state index in [4.69, 9.17) is 9.47 Å². The molecule has 28 heavy (non-hydrogen) atoms. The Morgan fingerprint density at radius 2 is 2.00 bits per heavy atom. The molecule has 0 fully saturated rings. The van der Waals surface area contributed by atoms with Crippen molar-refractivity contribution in [3.05, 3.63) is 66.5 Å². The highest BCUT2D eigenvalue weighted by molar-refractivity contribution is 6.08. The molecule has 0 radical (unpaired) electrons. The average Bonchev–Trinajstić information content (AvgIpc) is 3.16. The minimum Gasteiger partial charge on any atom is -0.495 e. The first kappa shape index (κ1) is 17.4. The van der Waals surface area contributed by atoms with Crippen LogP contribution in [0.15, 0.2) is 55.2 Å². The van der Waals surface area contributed by atoms with Gasteiger partial charge in [-0.05, 0) is 25.1 Å². The number of carbonyl (C=O) groups is 1. The number of rotatable bonds is 5. The highest BCUT2D eigenvalue weighted by Gasteiger charge is 2.16. The second-order valence-corrected chi connectivity index (χ2v) is 5.93. The minimum atomic E-state index is -0.370. The van der Waals surface area contributed by atoms with E-state index in [2.05, 4.69) is 25.5 Å². The number of nitrogens with one attached hydrogen (secondary N) is 1. The van der Waals surface area contributed by atoms with Gasteiger partial charge in [-0.15, -0.1) is 10.2 Å². The summed E-state index contributed by atoms with van der Waals surface area (Å²) in [6.07, 6.45) is 6.29. The normalized spacial score (nSPS) is 10.6. The summed E-state index contributed by atoms with van der Waals surface area (Å²) in [5, 5.41) is 10.7. The van der Waals surface area contributed by atoms with Gasteiger partial charge in [0.05, 0.1) is 31.3 Å². The van der Waals surface area contributed by atoms with E-state index in [9.17, 15) is 4.79 Å². The van der Waals surface area contributed by atoms with Crippen LogP contribution >= 0.6 is 0 Å². The van der Waals surface area contributed by atoms with Crippen molar-refractivity contribution in [3.8, 4) is 17.2 Å². The molecule has 0 aliphatic rings. The molecule has 4 aromatic heterocycles. The Balaban J connectivity index is 1.67. The molecular weight excluding hydrogens is 360 g/mol. The molecule has 0 atom stereocenters. The summed E-state index contributed by atoms with van der Waals surface area (Å²) in [4.78, 5) is 21.2. The number of hydrogen-bond donors (Lipinski definition) is 1. The SMILES string of the molecule is COc1cncc(Oc2cc(C(=O)Nc3cccc(C)n3)c3nncn3c2)c1. The summed E-state index contributed by atoms with van der Waals surface area (Å²) in [6, 6.07) is 8.67. The predicted octanol–water partition coefficient (Wildman–Crippen LogP) is 2.88. The van der Waals surface area contributed by atoms with Crippen molar-refractivity contribution in [2.75, 3.05) is 12.4 Å². The van der Waals surface area contributed by atoms with Crippen LogP contribution in [0.2, 0.25) is 0 Å². The molecule has 140 valence electrons. The molecule has 9 nitrogen and oxygen atoms in total. The third-order valence-electron chi connectivity index (χ3n) is 3.90. The van der Waals surface area contributed by atoms with Crippen molar-refractivity contribution in [2.45, 2.75) is 6.92 Å². The lowest BCUT2D eigenvalue weighted by Gasteiger charge is -2.10. The van der Waals surface area contributed by atoms with Crippen LogP contribution in [0.4, 0.5) is 5.82 Å². The van der Waals surface area contributed by atoms with Crippen LogP contribution < -0.4 is 14.8 Å². The predicted molar refractivity (Wildman–Crippen MR) is 101 cm³/mol. The Hall–Kier alpha value is -4.01. The molecule has 9 heteroatoms. The van der Waals surface area contributed by atoms with Crippen LogP contribution in [0.5, 0.6) is 17.2 Å². The molecule has 4 heterocycles. The first-order valence-corrected chi connectivity index (χ1v) is 8.37. The van der Waals surface area contributed by atoms with E-state index < -0.39 is 0 Å². The van der Waals surface area contributed by atoms with Crippen LogP contribution in [-0.4, -0.2) is 37.6 Å². The zero-order chi connectivity index (χ0) is 19.5. The van der Waals surface area contributed by atoms with Gasteiger partial charge in [0.25, 0.3) is 5.91 Å². The number of carbonyl (C=O) groups excluding carboxylic acids is 1. The van der Waals surface area contributed by atoms with E-state index in [-0.39, 0.29) is 5.91 Å². The largest absolute Gasteiger partial charge is 0.495 e. The second-order valence-electron chi connectivity index (χ2n) is 5.93. The number of aromatic nitrogens is 5. The first-order valence-electron chi connectivity index (χ1n) is 8.37. The lowest BCUT2D eigenvalue weighted by Crippen LogP contribution is -2.15. The van der Waals surface area contributed by atoms with Gasteiger partial charge >= 0.3 is 0 Å². The zero-order valence-corrected chi connectivity index (χ0v) is 15.2. The number of hydrogen-bond acceptors (Lipinski definition) is 7. The topological polar surface area (TPSA) is 104 Å². The molecule has 1 amide bonds. The maximum atomic E-state index is 12.8. The Morgan fingerprint density at radius 3 is 2.82 bits per heavy atom. The van der Waals surface area contributed by atoms with Crippen LogP contribution in [0.25, 0.3) is 5.65 Å². The monoisotopic (exact) mass is 376 g/mol.